The molecule has 0 unspecified atom stereocenters. The second-order valence-corrected chi connectivity index (χ2v) is 3.60. The van der Waals surface area contributed by atoms with Crippen molar-refractivity contribution < 1.29 is 14.2 Å². The van der Waals surface area contributed by atoms with Gasteiger partial charge in [0.2, 0.25) is 5.82 Å². The number of aromatic hydroxyl groups is 1. The Bertz CT molecular complexity index is 344. The van der Waals surface area contributed by atoms with Gasteiger partial charge in [-0.2, -0.15) is 4.39 Å². The number of rotatable bonds is 3. The molecule has 0 aliphatic carbocycles. The molecule has 0 atom stereocenters. The molecule has 0 aliphatic rings. The van der Waals surface area contributed by atoms with Gasteiger partial charge in [0.25, 0.3) is 0 Å². The molecule has 5 heteroatoms. The van der Waals surface area contributed by atoms with Gasteiger partial charge in [-0.1, -0.05) is 0 Å². The Kier molecular flexibility index (Phi) is 3.71. The van der Waals surface area contributed by atoms with Crippen molar-refractivity contribution in [1.82, 2.24) is 5.32 Å². The number of benzene rings is 1. The van der Waals surface area contributed by atoms with E-state index in [4.69, 9.17) is 4.74 Å². The smallest absolute Gasteiger partial charge is 0.208 e. The Morgan fingerprint density at radius 1 is 1.64 bits per heavy atom. The maximum absolute atomic E-state index is 13.4. The van der Waals surface area contributed by atoms with Gasteiger partial charge in [0.1, 0.15) is 0 Å². The van der Waals surface area contributed by atoms with E-state index in [0.717, 1.165) is 0 Å². The summed E-state index contributed by atoms with van der Waals surface area (Å²) in [6, 6.07) is 1.62. The second-order valence-electron chi connectivity index (χ2n) is 2.74. The fourth-order valence-corrected chi connectivity index (χ4v) is 1.63. The molecule has 0 radical (unpaired) electrons. The van der Waals surface area contributed by atoms with Crippen molar-refractivity contribution in [3.8, 4) is 11.5 Å². The lowest BCUT2D eigenvalue weighted by Gasteiger charge is -2.11. The van der Waals surface area contributed by atoms with Crippen LogP contribution in [0.4, 0.5) is 4.39 Å². The lowest BCUT2D eigenvalue weighted by Crippen LogP contribution is -2.07. The summed E-state index contributed by atoms with van der Waals surface area (Å²) < 4.78 is 18.6. The van der Waals surface area contributed by atoms with Gasteiger partial charge in [0, 0.05) is 12.1 Å². The van der Waals surface area contributed by atoms with Crippen molar-refractivity contribution in [2.24, 2.45) is 0 Å². The van der Waals surface area contributed by atoms with E-state index in [9.17, 15) is 9.50 Å². The fourth-order valence-electron chi connectivity index (χ4n) is 1.18. The maximum atomic E-state index is 13.4. The summed E-state index contributed by atoms with van der Waals surface area (Å²) in [6.07, 6.45) is 0. The first-order valence-electron chi connectivity index (χ1n) is 4.00. The average molecular weight is 264 g/mol. The highest BCUT2D eigenvalue weighted by atomic mass is 79.9. The van der Waals surface area contributed by atoms with Crippen molar-refractivity contribution in [2.75, 3.05) is 14.2 Å². The minimum atomic E-state index is -0.743. The minimum absolute atomic E-state index is 0.0695. The largest absolute Gasteiger partial charge is 0.504 e. The molecule has 1 rings (SSSR count). The molecule has 0 fully saturated rings. The molecule has 2 N–H and O–H groups in total. The molecule has 14 heavy (non-hydrogen) atoms. The number of ether oxygens (including phenoxy) is 1. The van der Waals surface area contributed by atoms with Crippen LogP contribution in [0.5, 0.6) is 11.5 Å². The van der Waals surface area contributed by atoms with Crippen LogP contribution in [0.2, 0.25) is 0 Å². The third-order valence-electron chi connectivity index (χ3n) is 1.80. The van der Waals surface area contributed by atoms with E-state index in [0.29, 0.717) is 16.6 Å². The van der Waals surface area contributed by atoms with Gasteiger partial charge in [0.05, 0.1) is 11.6 Å². The number of phenols is 1. The van der Waals surface area contributed by atoms with E-state index in [2.05, 4.69) is 21.2 Å². The standard InChI is InChI=1S/C9H11BrFNO2/c1-12-4-5-3-6(10)8(13)7(11)9(5)14-2/h3,12-13H,4H2,1-2H3. The SMILES string of the molecule is CNCc1cc(Br)c(O)c(F)c1OC. The lowest BCUT2D eigenvalue weighted by atomic mass is 10.2. The second kappa shape index (κ2) is 4.61. The van der Waals surface area contributed by atoms with Gasteiger partial charge in [-0.05, 0) is 29.0 Å². The first-order chi connectivity index (χ1) is 6.61. The van der Waals surface area contributed by atoms with Crippen molar-refractivity contribution in [3.05, 3.63) is 21.9 Å². The number of methoxy groups -OCH3 is 1. The van der Waals surface area contributed by atoms with E-state index in [1.165, 1.54) is 7.11 Å². The molecular weight excluding hydrogens is 253 g/mol. The van der Waals surface area contributed by atoms with Crippen LogP contribution in [0.1, 0.15) is 5.56 Å². The Hall–Kier alpha value is -0.810. The predicted molar refractivity (Wildman–Crippen MR) is 55.1 cm³/mol. The molecule has 0 spiro atoms. The van der Waals surface area contributed by atoms with Gasteiger partial charge in [-0.15, -0.1) is 0 Å². The van der Waals surface area contributed by atoms with Crippen LogP contribution in [0.3, 0.4) is 0 Å². The third-order valence-corrected chi connectivity index (χ3v) is 2.40. The highest BCUT2D eigenvalue weighted by Crippen LogP contribution is 2.36. The van der Waals surface area contributed by atoms with Gasteiger partial charge < -0.3 is 15.2 Å². The van der Waals surface area contributed by atoms with Crippen LogP contribution in [-0.4, -0.2) is 19.3 Å². The van der Waals surface area contributed by atoms with Crippen LogP contribution in [0.25, 0.3) is 0 Å². The summed E-state index contributed by atoms with van der Waals surface area (Å²) in [5.74, 6) is -1.10. The van der Waals surface area contributed by atoms with Gasteiger partial charge in [-0.3, -0.25) is 0 Å². The lowest BCUT2D eigenvalue weighted by molar-refractivity contribution is 0.358. The molecular formula is C9H11BrFNO2. The zero-order chi connectivity index (χ0) is 10.7. The Labute approximate surface area is 90.0 Å². The van der Waals surface area contributed by atoms with Gasteiger partial charge in [0.15, 0.2) is 11.5 Å². The molecule has 3 nitrogen and oxygen atoms in total. The highest BCUT2D eigenvalue weighted by molar-refractivity contribution is 9.10. The quantitative estimate of drug-likeness (QED) is 0.877. The third kappa shape index (κ3) is 1.99. The van der Waals surface area contributed by atoms with Crippen LogP contribution < -0.4 is 10.1 Å². The van der Waals surface area contributed by atoms with Gasteiger partial charge in [-0.25, -0.2) is 0 Å². The molecule has 1 aromatic carbocycles. The summed E-state index contributed by atoms with van der Waals surface area (Å²) in [6.45, 7) is 0.471. The van der Waals surface area contributed by atoms with Crippen LogP contribution in [0.15, 0.2) is 10.5 Å². The summed E-state index contributed by atoms with van der Waals surface area (Å²) in [5.41, 5.74) is 0.650. The van der Waals surface area contributed by atoms with Crippen LogP contribution in [0, 0.1) is 5.82 Å². The molecule has 0 aliphatic heterocycles. The van der Waals surface area contributed by atoms with Gasteiger partial charge >= 0.3 is 0 Å². The number of hydrogen-bond donors (Lipinski definition) is 2. The van der Waals surface area contributed by atoms with Crippen LogP contribution in [-0.2, 0) is 6.54 Å². The normalized spacial score (nSPS) is 10.3. The molecule has 0 aromatic heterocycles. The number of nitrogens with one attached hydrogen (secondary N) is 1. The molecule has 0 heterocycles. The Morgan fingerprint density at radius 2 is 2.29 bits per heavy atom. The summed E-state index contributed by atoms with van der Waals surface area (Å²) in [5, 5.41) is 12.2. The topological polar surface area (TPSA) is 41.5 Å². The van der Waals surface area contributed by atoms with Crippen molar-refractivity contribution in [3.63, 3.8) is 0 Å². The monoisotopic (exact) mass is 263 g/mol. The molecule has 0 bridgehead atoms. The van der Waals surface area contributed by atoms with E-state index < -0.39 is 11.6 Å². The number of halogens is 2. The maximum Gasteiger partial charge on any atom is 0.208 e. The molecule has 1 aromatic rings. The van der Waals surface area contributed by atoms with Crippen molar-refractivity contribution in [2.45, 2.75) is 6.54 Å². The Balaban J connectivity index is 3.28. The molecule has 0 saturated carbocycles. The van der Waals surface area contributed by atoms with Crippen LogP contribution >= 0.6 is 15.9 Å². The average Bonchev–Trinajstić information content (AvgIpc) is 2.16. The van der Waals surface area contributed by atoms with Crippen molar-refractivity contribution in [1.29, 1.82) is 0 Å². The number of phenolic OH excluding ortho intramolecular Hbond substituents is 1. The van der Waals surface area contributed by atoms with E-state index in [1.54, 1.807) is 13.1 Å². The summed E-state index contributed by atoms with van der Waals surface area (Å²) in [7, 11) is 3.11. The van der Waals surface area contributed by atoms with Crippen molar-refractivity contribution >= 4 is 15.9 Å². The zero-order valence-corrected chi connectivity index (χ0v) is 9.48. The zero-order valence-electron chi connectivity index (χ0n) is 7.90. The molecule has 78 valence electrons. The highest BCUT2D eigenvalue weighted by Gasteiger charge is 2.16. The molecule has 0 amide bonds. The molecule has 0 saturated heterocycles. The van der Waals surface area contributed by atoms with E-state index >= 15 is 0 Å². The number of hydrogen-bond acceptors (Lipinski definition) is 3. The van der Waals surface area contributed by atoms with E-state index in [1.807, 2.05) is 0 Å². The fraction of sp³-hybridized carbons (Fsp3) is 0.333. The first-order valence-corrected chi connectivity index (χ1v) is 4.79. The summed E-state index contributed by atoms with van der Waals surface area (Å²) >= 11 is 3.06. The predicted octanol–water partition coefficient (Wildman–Crippen LogP) is 2.02. The summed E-state index contributed by atoms with van der Waals surface area (Å²) in [4.78, 5) is 0. The Morgan fingerprint density at radius 3 is 2.79 bits per heavy atom. The van der Waals surface area contributed by atoms with E-state index in [-0.39, 0.29) is 5.75 Å². The minimum Gasteiger partial charge on any atom is -0.504 e. The first kappa shape index (κ1) is 11.3.